The summed E-state index contributed by atoms with van der Waals surface area (Å²) in [6.07, 6.45) is 3.00. The summed E-state index contributed by atoms with van der Waals surface area (Å²) in [5.41, 5.74) is 0.965. The standard InChI is InChI=1S/C13H12N2O/c14-7-3-4-8-16-12-9-11-5-1-2-6-13(11)15-10-12/h1-2,5-6,9-10H,3-4,8H2. The van der Waals surface area contributed by atoms with Crippen LogP contribution in [-0.2, 0) is 0 Å². The average molecular weight is 212 g/mol. The molecule has 0 amide bonds. The van der Waals surface area contributed by atoms with Crippen LogP contribution in [0.1, 0.15) is 12.8 Å². The molecule has 0 aliphatic heterocycles. The number of hydrogen-bond donors (Lipinski definition) is 0. The predicted octanol–water partition coefficient (Wildman–Crippen LogP) is 2.92. The molecule has 0 aliphatic carbocycles. The number of hydrogen-bond acceptors (Lipinski definition) is 3. The van der Waals surface area contributed by atoms with Crippen molar-refractivity contribution in [3.8, 4) is 11.8 Å². The lowest BCUT2D eigenvalue weighted by Crippen LogP contribution is -1.97. The van der Waals surface area contributed by atoms with E-state index in [9.17, 15) is 0 Å². The van der Waals surface area contributed by atoms with E-state index in [1.165, 1.54) is 0 Å². The maximum absolute atomic E-state index is 8.39. The Morgan fingerprint density at radius 2 is 2.19 bits per heavy atom. The average Bonchev–Trinajstić information content (AvgIpc) is 2.34. The monoisotopic (exact) mass is 212 g/mol. The molecule has 0 atom stereocenters. The van der Waals surface area contributed by atoms with E-state index < -0.39 is 0 Å². The van der Waals surface area contributed by atoms with Crippen LogP contribution in [0.4, 0.5) is 0 Å². The normalized spacial score (nSPS) is 9.94. The first-order chi connectivity index (χ1) is 7.90. The molecule has 0 spiro atoms. The Morgan fingerprint density at radius 3 is 3.06 bits per heavy atom. The third-order valence-electron chi connectivity index (χ3n) is 2.27. The SMILES string of the molecule is N#CCCCOc1cnc2ccccc2c1. The fourth-order valence-corrected chi connectivity index (χ4v) is 1.47. The Kier molecular flexibility index (Phi) is 3.35. The molecule has 2 rings (SSSR count). The molecule has 16 heavy (non-hydrogen) atoms. The molecule has 0 bridgehead atoms. The number of aromatic nitrogens is 1. The highest BCUT2D eigenvalue weighted by Crippen LogP contribution is 2.17. The Labute approximate surface area is 94.3 Å². The van der Waals surface area contributed by atoms with Gasteiger partial charge in [-0.15, -0.1) is 0 Å². The number of nitriles is 1. The lowest BCUT2D eigenvalue weighted by Gasteiger charge is -2.05. The number of fused-ring (bicyclic) bond motifs is 1. The maximum Gasteiger partial charge on any atom is 0.138 e. The van der Waals surface area contributed by atoms with Gasteiger partial charge in [0.1, 0.15) is 5.75 Å². The van der Waals surface area contributed by atoms with Crippen molar-refractivity contribution < 1.29 is 4.74 Å². The molecule has 0 fully saturated rings. The molecule has 1 heterocycles. The molecule has 0 aliphatic rings. The quantitative estimate of drug-likeness (QED) is 0.732. The van der Waals surface area contributed by atoms with Crippen LogP contribution in [0.5, 0.6) is 5.75 Å². The van der Waals surface area contributed by atoms with E-state index >= 15 is 0 Å². The summed E-state index contributed by atoms with van der Waals surface area (Å²) in [5.74, 6) is 0.761. The Bertz CT molecular complexity index is 517. The molecule has 1 aromatic heterocycles. The number of pyridine rings is 1. The van der Waals surface area contributed by atoms with E-state index in [4.69, 9.17) is 10.00 Å². The van der Waals surface area contributed by atoms with Crippen LogP contribution in [0, 0.1) is 11.3 Å². The van der Waals surface area contributed by atoms with Gasteiger partial charge in [-0.25, -0.2) is 0 Å². The van der Waals surface area contributed by atoms with Gasteiger partial charge in [0, 0.05) is 11.8 Å². The topological polar surface area (TPSA) is 45.9 Å². The molecule has 0 saturated carbocycles. The number of rotatable bonds is 4. The fourth-order valence-electron chi connectivity index (χ4n) is 1.47. The van der Waals surface area contributed by atoms with Crippen molar-refractivity contribution in [2.24, 2.45) is 0 Å². The van der Waals surface area contributed by atoms with Crippen molar-refractivity contribution in [2.45, 2.75) is 12.8 Å². The minimum Gasteiger partial charge on any atom is -0.492 e. The van der Waals surface area contributed by atoms with Gasteiger partial charge in [0.2, 0.25) is 0 Å². The number of nitrogens with zero attached hydrogens (tertiary/aromatic N) is 2. The van der Waals surface area contributed by atoms with Gasteiger partial charge in [-0.1, -0.05) is 18.2 Å². The van der Waals surface area contributed by atoms with Gasteiger partial charge < -0.3 is 4.74 Å². The predicted molar refractivity (Wildman–Crippen MR) is 62.1 cm³/mol. The lowest BCUT2D eigenvalue weighted by molar-refractivity contribution is 0.312. The van der Waals surface area contributed by atoms with Crippen LogP contribution in [0.25, 0.3) is 10.9 Å². The fraction of sp³-hybridized carbons (Fsp3) is 0.231. The minimum absolute atomic E-state index is 0.529. The minimum atomic E-state index is 0.529. The zero-order valence-electron chi connectivity index (χ0n) is 8.89. The molecule has 0 N–H and O–H groups in total. The van der Waals surface area contributed by atoms with Gasteiger partial charge in [0.15, 0.2) is 0 Å². The van der Waals surface area contributed by atoms with E-state index in [0.717, 1.165) is 23.1 Å². The summed E-state index contributed by atoms with van der Waals surface area (Å²) in [4.78, 5) is 4.29. The summed E-state index contributed by atoms with van der Waals surface area (Å²) >= 11 is 0. The van der Waals surface area contributed by atoms with Crippen LogP contribution in [0.15, 0.2) is 36.5 Å². The summed E-state index contributed by atoms with van der Waals surface area (Å²) in [7, 11) is 0. The summed E-state index contributed by atoms with van der Waals surface area (Å²) in [5, 5.41) is 9.46. The van der Waals surface area contributed by atoms with Crippen molar-refractivity contribution in [1.29, 1.82) is 5.26 Å². The highest BCUT2D eigenvalue weighted by molar-refractivity contribution is 5.79. The first-order valence-corrected chi connectivity index (χ1v) is 5.25. The summed E-state index contributed by atoms with van der Waals surface area (Å²) in [6.45, 7) is 0.563. The van der Waals surface area contributed by atoms with Gasteiger partial charge in [-0.3, -0.25) is 4.98 Å². The Hall–Kier alpha value is -2.08. The third kappa shape index (κ3) is 2.48. The molecule has 2 aromatic rings. The first-order valence-electron chi connectivity index (χ1n) is 5.25. The van der Waals surface area contributed by atoms with E-state index in [-0.39, 0.29) is 0 Å². The Morgan fingerprint density at radius 1 is 1.31 bits per heavy atom. The number of benzene rings is 1. The van der Waals surface area contributed by atoms with Gasteiger partial charge in [0.05, 0.1) is 24.4 Å². The van der Waals surface area contributed by atoms with Gasteiger partial charge in [0.25, 0.3) is 0 Å². The lowest BCUT2D eigenvalue weighted by atomic mass is 10.2. The molecule has 0 saturated heterocycles. The van der Waals surface area contributed by atoms with E-state index in [1.807, 2.05) is 30.3 Å². The van der Waals surface area contributed by atoms with Crippen LogP contribution in [0.2, 0.25) is 0 Å². The second kappa shape index (κ2) is 5.13. The van der Waals surface area contributed by atoms with Crippen LogP contribution < -0.4 is 4.74 Å². The van der Waals surface area contributed by atoms with Gasteiger partial charge in [-0.2, -0.15) is 5.26 Å². The Balaban J connectivity index is 2.05. The molecular formula is C13H12N2O. The largest absolute Gasteiger partial charge is 0.492 e. The molecule has 0 radical (unpaired) electrons. The summed E-state index contributed by atoms with van der Waals surface area (Å²) in [6, 6.07) is 12.0. The van der Waals surface area contributed by atoms with Crippen molar-refractivity contribution in [2.75, 3.05) is 6.61 Å². The van der Waals surface area contributed by atoms with Crippen LogP contribution in [0.3, 0.4) is 0 Å². The zero-order chi connectivity index (χ0) is 11.2. The maximum atomic E-state index is 8.39. The molecular weight excluding hydrogens is 200 g/mol. The van der Waals surface area contributed by atoms with E-state index in [0.29, 0.717) is 13.0 Å². The van der Waals surface area contributed by atoms with Crippen molar-refractivity contribution in [3.63, 3.8) is 0 Å². The molecule has 80 valence electrons. The molecule has 3 nitrogen and oxygen atoms in total. The number of para-hydroxylation sites is 1. The first kappa shape index (κ1) is 10.4. The zero-order valence-corrected chi connectivity index (χ0v) is 8.89. The van der Waals surface area contributed by atoms with Crippen LogP contribution in [-0.4, -0.2) is 11.6 Å². The smallest absolute Gasteiger partial charge is 0.138 e. The summed E-state index contributed by atoms with van der Waals surface area (Å²) < 4.78 is 5.50. The molecule has 1 aromatic carbocycles. The van der Waals surface area contributed by atoms with E-state index in [1.54, 1.807) is 6.20 Å². The third-order valence-corrected chi connectivity index (χ3v) is 2.27. The molecule has 0 unspecified atom stereocenters. The van der Waals surface area contributed by atoms with Gasteiger partial charge >= 0.3 is 0 Å². The van der Waals surface area contributed by atoms with Crippen LogP contribution >= 0.6 is 0 Å². The van der Waals surface area contributed by atoms with Crippen molar-refractivity contribution >= 4 is 10.9 Å². The second-order valence-corrected chi connectivity index (χ2v) is 3.47. The van der Waals surface area contributed by atoms with Gasteiger partial charge in [-0.05, 0) is 18.6 Å². The highest BCUT2D eigenvalue weighted by atomic mass is 16.5. The van der Waals surface area contributed by atoms with Crippen molar-refractivity contribution in [1.82, 2.24) is 4.98 Å². The van der Waals surface area contributed by atoms with E-state index in [2.05, 4.69) is 11.1 Å². The number of ether oxygens (including phenoxy) is 1. The molecule has 3 heteroatoms. The highest BCUT2D eigenvalue weighted by Gasteiger charge is 1.97. The second-order valence-electron chi connectivity index (χ2n) is 3.47. The van der Waals surface area contributed by atoms with Crippen molar-refractivity contribution in [3.05, 3.63) is 36.5 Å². The number of unbranched alkanes of at least 4 members (excludes halogenated alkanes) is 1.